The minimum absolute atomic E-state index is 0.0873. The topological polar surface area (TPSA) is 52.6 Å². The van der Waals surface area contributed by atoms with Crippen molar-refractivity contribution >= 4 is 23.2 Å². The van der Waals surface area contributed by atoms with Crippen molar-refractivity contribution in [1.82, 2.24) is 4.90 Å². The molecule has 5 heteroatoms. The van der Waals surface area contributed by atoms with Crippen molar-refractivity contribution in [3.8, 4) is 0 Å². The van der Waals surface area contributed by atoms with Crippen LogP contribution in [0.5, 0.6) is 0 Å². The third-order valence-corrected chi connectivity index (χ3v) is 2.85. The zero-order chi connectivity index (χ0) is 14.5. The van der Waals surface area contributed by atoms with Gasteiger partial charge in [0.1, 0.15) is 0 Å². The number of halogens is 1. The summed E-state index contributed by atoms with van der Waals surface area (Å²) in [5.74, 6) is -0.0873. The van der Waals surface area contributed by atoms with E-state index in [4.69, 9.17) is 11.6 Å². The molecule has 0 spiro atoms. The molecule has 19 heavy (non-hydrogen) atoms. The Balaban J connectivity index is 2.38. The lowest BCUT2D eigenvalue weighted by molar-refractivity contribution is -0.116. The molecule has 1 rings (SSSR count). The summed E-state index contributed by atoms with van der Waals surface area (Å²) < 4.78 is 0. The van der Waals surface area contributed by atoms with E-state index in [9.17, 15) is 9.90 Å². The first-order valence-corrected chi connectivity index (χ1v) is 6.61. The molecule has 0 bridgehead atoms. The number of rotatable bonds is 6. The largest absolute Gasteiger partial charge is 0.389 e. The lowest BCUT2D eigenvalue weighted by Crippen LogP contribution is -2.37. The normalized spacial score (nSPS) is 11.7. The molecule has 0 heterocycles. The fraction of sp³-hybridized carbons (Fsp3) is 0.500. The number of para-hydroxylation sites is 1. The molecule has 1 aromatic carbocycles. The van der Waals surface area contributed by atoms with Crippen molar-refractivity contribution < 1.29 is 9.90 Å². The van der Waals surface area contributed by atoms with Gasteiger partial charge in [0.2, 0.25) is 5.91 Å². The van der Waals surface area contributed by atoms with Crippen molar-refractivity contribution in [2.45, 2.75) is 25.9 Å². The van der Waals surface area contributed by atoms with Crippen molar-refractivity contribution in [2.75, 3.05) is 25.5 Å². The standard InChI is InChI=1S/C14H21ClN2O2/c1-14(2,19)10-17(3)9-8-13(18)16-12-7-5-4-6-11(12)15/h4-7,19H,8-10H2,1-3H3,(H,16,18). The highest BCUT2D eigenvalue weighted by atomic mass is 35.5. The minimum Gasteiger partial charge on any atom is -0.389 e. The van der Waals surface area contributed by atoms with Crippen molar-refractivity contribution in [2.24, 2.45) is 0 Å². The van der Waals surface area contributed by atoms with Crippen molar-refractivity contribution in [3.63, 3.8) is 0 Å². The Morgan fingerprint density at radius 2 is 2.05 bits per heavy atom. The number of likely N-dealkylation sites (N-methyl/N-ethyl adjacent to an activating group) is 1. The average molecular weight is 285 g/mol. The highest BCUT2D eigenvalue weighted by molar-refractivity contribution is 6.33. The molecule has 0 aliphatic heterocycles. The van der Waals surface area contributed by atoms with E-state index in [2.05, 4.69) is 5.32 Å². The van der Waals surface area contributed by atoms with Crippen LogP contribution >= 0.6 is 11.6 Å². The zero-order valence-electron chi connectivity index (χ0n) is 11.6. The van der Waals surface area contributed by atoms with Gasteiger partial charge in [0.25, 0.3) is 0 Å². The smallest absolute Gasteiger partial charge is 0.225 e. The number of carbonyl (C=O) groups is 1. The zero-order valence-corrected chi connectivity index (χ0v) is 12.4. The minimum atomic E-state index is -0.756. The lowest BCUT2D eigenvalue weighted by atomic mass is 10.1. The van der Waals surface area contributed by atoms with Gasteiger partial charge in [0.05, 0.1) is 16.3 Å². The van der Waals surface area contributed by atoms with Crippen LogP contribution in [0.15, 0.2) is 24.3 Å². The van der Waals surface area contributed by atoms with Crippen LogP contribution in [0.25, 0.3) is 0 Å². The van der Waals surface area contributed by atoms with Crippen LogP contribution < -0.4 is 5.32 Å². The van der Waals surface area contributed by atoms with E-state index in [1.165, 1.54) is 0 Å². The monoisotopic (exact) mass is 284 g/mol. The Kier molecular flexibility index (Phi) is 5.79. The number of hydrogen-bond acceptors (Lipinski definition) is 3. The van der Waals surface area contributed by atoms with Gasteiger partial charge in [-0.15, -0.1) is 0 Å². The Labute approximate surface area is 119 Å². The number of nitrogens with zero attached hydrogens (tertiary/aromatic N) is 1. The first kappa shape index (κ1) is 16.0. The maximum absolute atomic E-state index is 11.8. The van der Waals surface area contributed by atoms with Crippen molar-refractivity contribution in [3.05, 3.63) is 29.3 Å². The molecule has 0 atom stereocenters. The van der Waals surface area contributed by atoms with Crippen LogP contribution in [0.1, 0.15) is 20.3 Å². The third-order valence-electron chi connectivity index (χ3n) is 2.53. The molecule has 0 aliphatic rings. The molecule has 0 aromatic heterocycles. The van der Waals surface area contributed by atoms with E-state index in [-0.39, 0.29) is 5.91 Å². The van der Waals surface area contributed by atoms with Crippen LogP contribution in [-0.4, -0.2) is 41.7 Å². The second-order valence-electron chi connectivity index (χ2n) is 5.33. The van der Waals surface area contributed by atoms with Gasteiger partial charge < -0.3 is 15.3 Å². The average Bonchev–Trinajstić information content (AvgIpc) is 2.27. The molecular formula is C14H21ClN2O2. The first-order valence-electron chi connectivity index (χ1n) is 6.23. The van der Waals surface area contributed by atoms with Gasteiger partial charge in [0.15, 0.2) is 0 Å². The van der Waals surface area contributed by atoms with E-state index in [0.717, 1.165) is 0 Å². The van der Waals surface area contributed by atoms with E-state index in [1.807, 2.05) is 24.1 Å². The van der Waals surface area contributed by atoms with E-state index in [1.54, 1.807) is 26.0 Å². The van der Waals surface area contributed by atoms with E-state index < -0.39 is 5.60 Å². The molecule has 0 saturated carbocycles. The molecule has 4 nitrogen and oxygen atoms in total. The van der Waals surface area contributed by atoms with Crippen LogP contribution in [-0.2, 0) is 4.79 Å². The Morgan fingerprint density at radius 1 is 1.42 bits per heavy atom. The molecule has 0 fully saturated rings. The number of amides is 1. The molecule has 0 unspecified atom stereocenters. The number of nitrogens with one attached hydrogen (secondary N) is 1. The number of anilines is 1. The first-order chi connectivity index (χ1) is 8.78. The molecule has 106 valence electrons. The summed E-state index contributed by atoms with van der Waals surface area (Å²) in [6.45, 7) is 4.59. The highest BCUT2D eigenvalue weighted by Crippen LogP contribution is 2.20. The molecule has 2 N–H and O–H groups in total. The van der Waals surface area contributed by atoms with Gasteiger partial charge in [0, 0.05) is 19.5 Å². The maximum Gasteiger partial charge on any atom is 0.225 e. The van der Waals surface area contributed by atoms with Gasteiger partial charge in [-0.3, -0.25) is 4.79 Å². The maximum atomic E-state index is 11.8. The predicted molar refractivity (Wildman–Crippen MR) is 78.5 cm³/mol. The molecular weight excluding hydrogens is 264 g/mol. The Morgan fingerprint density at radius 3 is 2.63 bits per heavy atom. The summed E-state index contributed by atoms with van der Waals surface area (Å²) in [7, 11) is 1.88. The molecule has 0 radical (unpaired) electrons. The summed E-state index contributed by atoms with van der Waals surface area (Å²) in [6.07, 6.45) is 0.359. The second-order valence-corrected chi connectivity index (χ2v) is 5.74. The van der Waals surface area contributed by atoms with Gasteiger partial charge in [-0.1, -0.05) is 23.7 Å². The number of benzene rings is 1. The van der Waals surface area contributed by atoms with Crippen LogP contribution in [0.2, 0.25) is 5.02 Å². The molecule has 0 aliphatic carbocycles. The lowest BCUT2D eigenvalue weighted by Gasteiger charge is -2.25. The van der Waals surface area contributed by atoms with Crippen LogP contribution in [0, 0.1) is 0 Å². The second kappa shape index (κ2) is 6.89. The molecule has 1 aromatic rings. The Hall–Kier alpha value is -1.10. The van der Waals surface area contributed by atoms with Gasteiger partial charge in [-0.25, -0.2) is 0 Å². The predicted octanol–water partition coefficient (Wildman–Crippen LogP) is 2.37. The Bertz CT molecular complexity index is 430. The number of hydrogen-bond donors (Lipinski definition) is 2. The van der Waals surface area contributed by atoms with Crippen LogP contribution in [0.4, 0.5) is 5.69 Å². The molecule has 0 saturated heterocycles. The van der Waals surface area contributed by atoms with Crippen molar-refractivity contribution in [1.29, 1.82) is 0 Å². The number of carbonyl (C=O) groups excluding carboxylic acids is 1. The summed E-state index contributed by atoms with van der Waals surface area (Å²) in [6, 6.07) is 7.13. The summed E-state index contributed by atoms with van der Waals surface area (Å²) in [4.78, 5) is 13.7. The summed E-state index contributed by atoms with van der Waals surface area (Å²) >= 11 is 5.96. The van der Waals surface area contributed by atoms with Gasteiger partial charge >= 0.3 is 0 Å². The van der Waals surface area contributed by atoms with E-state index >= 15 is 0 Å². The summed E-state index contributed by atoms with van der Waals surface area (Å²) in [5.41, 5.74) is -0.132. The van der Waals surface area contributed by atoms with E-state index in [0.29, 0.717) is 30.2 Å². The highest BCUT2D eigenvalue weighted by Gasteiger charge is 2.16. The molecule has 1 amide bonds. The van der Waals surface area contributed by atoms with Gasteiger partial charge in [-0.2, -0.15) is 0 Å². The number of aliphatic hydroxyl groups is 1. The fourth-order valence-corrected chi connectivity index (χ4v) is 1.99. The quantitative estimate of drug-likeness (QED) is 0.843. The fourth-order valence-electron chi connectivity index (χ4n) is 1.81. The SMILES string of the molecule is CN(CCC(=O)Nc1ccccc1Cl)CC(C)(C)O. The van der Waals surface area contributed by atoms with Crippen LogP contribution in [0.3, 0.4) is 0 Å². The van der Waals surface area contributed by atoms with Gasteiger partial charge in [-0.05, 0) is 33.0 Å². The third kappa shape index (κ3) is 6.57. The summed E-state index contributed by atoms with van der Waals surface area (Å²) in [5, 5.41) is 13.0.